The lowest BCUT2D eigenvalue weighted by molar-refractivity contribution is -0.149. The number of likely N-dealkylation sites (tertiary alicyclic amines) is 2. The van der Waals surface area contributed by atoms with Gasteiger partial charge >= 0.3 is 0 Å². The summed E-state index contributed by atoms with van der Waals surface area (Å²) in [5.41, 5.74) is 1.27. The van der Waals surface area contributed by atoms with E-state index in [9.17, 15) is 14.0 Å². The van der Waals surface area contributed by atoms with Gasteiger partial charge in [0.2, 0.25) is 11.8 Å². The van der Waals surface area contributed by atoms with Crippen LogP contribution in [0.5, 0.6) is 0 Å². The van der Waals surface area contributed by atoms with Crippen LogP contribution in [0.15, 0.2) is 42.6 Å². The van der Waals surface area contributed by atoms with E-state index < -0.39 is 5.41 Å². The molecule has 0 bridgehead atoms. The largest absolute Gasteiger partial charge is 0.373 e. The Morgan fingerprint density at radius 3 is 2.66 bits per heavy atom. The maximum atomic E-state index is 14.1. The van der Waals surface area contributed by atoms with Crippen LogP contribution in [0, 0.1) is 11.2 Å². The van der Waals surface area contributed by atoms with E-state index in [-0.39, 0.29) is 23.7 Å². The summed E-state index contributed by atoms with van der Waals surface area (Å²) in [6, 6.07) is 10.5. The van der Waals surface area contributed by atoms with Crippen molar-refractivity contribution in [2.24, 2.45) is 5.41 Å². The van der Waals surface area contributed by atoms with Crippen molar-refractivity contribution in [3.05, 3.63) is 59.5 Å². The first-order valence-electron chi connectivity index (χ1n) is 11.4. The molecule has 0 spiro atoms. The van der Waals surface area contributed by atoms with Crippen LogP contribution >= 0.6 is 0 Å². The van der Waals surface area contributed by atoms with Gasteiger partial charge in [-0.3, -0.25) is 9.59 Å². The van der Waals surface area contributed by atoms with Gasteiger partial charge in [0, 0.05) is 39.8 Å². The van der Waals surface area contributed by atoms with Gasteiger partial charge in [-0.1, -0.05) is 12.1 Å². The van der Waals surface area contributed by atoms with Crippen LogP contribution in [-0.4, -0.2) is 53.3 Å². The SMILES string of the molecule is CNc1cc(C2CCCN2C(=O)C2(Cc3cccc(F)c3)CCN(C(C)=O)CC2)ccn1. The Hall–Kier alpha value is -2.96. The molecule has 1 aromatic carbocycles. The van der Waals surface area contributed by atoms with Crippen LogP contribution in [0.3, 0.4) is 0 Å². The summed E-state index contributed by atoms with van der Waals surface area (Å²) in [5, 5.41) is 3.07. The van der Waals surface area contributed by atoms with E-state index in [0.717, 1.165) is 29.8 Å². The fourth-order valence-corrected chi connectivity index (χ4v) is 5.21. The van der Waals surface area contributed by atoms with E-state index in [1.54, 1.807) is 24.1 Å². The molecular weight excluding hydrogens is 407 g/mol. The van der Waals surface area contributed by atoms with Crippen LogP contribution in [0.2, 0.25) is 0 Å². The minimum Gasteiger partial charge on any atom is -0.373 e. The first kappa shape index (κ1) is 22.2. The molecule has 1 aromatic heterocycles. The molecule has 2 amide bonds. The standard InChI is InChI=1S/C25H31FN4O2/c1-18(31)29-13-9-25(10-14-29,17-19-5-3-6-21(26)15-19)24(32)30-12-4-7-22(30)20-8-11-28-23(16-20)27-2/h3,5-6,8,11,15-16,22H,4,7,9-10,12-14,17H2,1-2H3,(H,27,28). The topological polar surface area (TPSA) is 65.5 Å². The molecule has 0 radical (unpaired) electrons. The molecule has 2 saturated heterocycles. The number of hydrogen-bond donors (Lipinski definition) is 1. The van der Waals surface area contributed by atoms with Gasteiger partial charge < -0.3 is 15.1 Å². The third-order valence-electron chi connectivity index (χ3n) is 6.99. The Labute approximate surface area is 188 Å². The molecule has 7 heteroatoms. The quantitative estimate of drug-likeness (QED) is 0.771. The van der Waals surface area contributed by atoms with Crippen molar-refractivity contribution < 1.29 is 14.0 Å². The van der Waals surface area contributed by atoms with Crippen LogP contribution in [0.25, 0.3) is 0 Å². The van der Waals surface area contributed by atoms with Gasteiger partial charge in [0.25, 0.3) is 0 Å². The molecule has 1 unspecified atom stereocenters. The molecule has 1 N–H and O–H groups in total. The summed E-state index contributed by atoms with van der Waals surface area (Å²) in [4.78, 5) is 34.2. The van der Waals surface area contributed by atoms with Gasteiger partial charge in [0.1, 0.15) is 11.6 Å². The van der Waals surface area contributed by atoms with Crippen molar-refractivity contribution in [1.82, 2.24) is 14.8 Å². The van der Waals surface area contributed by atoms with E-state index >= 15 is 0 Å². The average molecular weight is 439 g/mol. The third-order valence-corrected chi connectivity index (χ3v) is 6.99. The Bertz CT molecular complexity index is 987. The monoisotopic (exact) mass is 438 g/mol. The third kappa shape index (κ3) is 4.47. The highest BCUT2D eigenvalue weighted by Gasteiger charge is 2.46. The number of nitrogens with zero attached hydrogens (tertiary/aromatic N) is 3. The number of carbonyl (C=O) groups excluding carboxylic acids is 2. The van der Waals surface area contributed by atoms with E-state index in [4.69, 9.17) is 0 Å². The minimum atomic E-state index is -0.638. The lowest BCUT2D eigenvalue weighted by atomic mass is 9.72. The lowest BCUT2D eigenvalue weighted by Crippen LogP contribution is -2.52. The predicted octanol–water partition coefficient (Wildman–Crippen LogP) is 3.80. The highest BCUT2D eigenvalue weighted by molar-refractivity contribution is 5.84. The van der Waals surface area contributed by atoms with Crippen molar-refractivity contribution in [2.45, 2.75) is 45.1 Å². The second-order valence-corrected chi connectivity index (χ2v) is 8.97. The molecular formula is C25H31FN4O2. The number of benzene rings is 1. The van der Waals surface area contributed by atoms with Crippen LogP contribution in [0.1, 0.15) is 49.8 Å². The van der Waals surface area contributed by atoms with E-state index in [2.05, 4.69) is 10.3 Å². The molecule has 2 fully saturated rings. The second-order valence-electron chi connectivity index (χ2n) is 8.97. The zero-order valence-electron chi connectivity index (χ0n) is 18.8. The molecule has 4 rings (SSSR count). The first-order chi connectivity index (χ1) is 15.4. The fraction of sp³-hybridized carbons (Fsp3) is 0.480. The fourth-order valence-electron chi connectivity index (χ4n) is 5.21. The molecule has 0 aliphatic carbocycles. The number of piperidine rings is 1. The molecule has 3 heterocycles. The zero-order chi connectivity index (χ0) is 22.7. The lowest BCUT2D eigenvalue weighted by Gasteiger charge is -2.43. The predicted molar refractivity (Wildman–Crippen MR) is 121 cm³/mol. The molecule has 2 aliphatic heterocycles. The maximum absolute atomic E-state index is 14.1. The number of amides is 2. The van der Waals surface area contributed by atoms with Crippen LogP contribution in [-0.2, 0) is 16.0 Å². The highest BCUT2D eigenvalue weighted by Crippen LogP contribution is 2.42. The minimum absolute atomic E-state index is 0.00724. The van der Waals surface area contributed by atoms with Crippen molar-refractivity contribution >= 4 is 17.6 Å². The van der Waals surface area contributed by atoms with Gasteiger partial charge in [0.15, 0.2) is 0 Å². The summed E-state index contributed by atoms with van der Waals surface area (Å²) >= 11 is 0. The molecule has 6 nitrogen and oxygen atoms in total. The first-order valence-corrected chi connectivity index (χ1v) is 11.4. The number of anilines is 1. The van der Waals surface area contributed by atoms with Gasteiger partial charge in [-0.05, 0) is 67.5 Å². The van der Waals surface area contributed by atoms with Crippen molar-refractivity contribution in [1.29, 1.82) is 0 Å². The number of halogens is 1. The summed E-state index contributed by atoms with van der Waals surface area (Å²) in [6.45, 7) is 3.38. The summed E-state index contributed by atoms with van der Waals surface area (Å²) in [5.74, 6) is 0.648. The Morgan fingerprint density at radius 2 is 1.97 bits per heavy atom. The number of carbonyl (C=O) groups is 2. The summed E-state index contributed by atoms with van der Waals surface area (Å²) in [7, 11) is 1.83. The van der Waals surface area contributed by atoms with Crippen molar-refractivity contribution in [2.75, 3.05) is 32.0 Å². The van der Waals surface area contributed by atoms with Crippen molar-refractivity contribution in [3.63, 3.8) is 0 Å². The summed E-state index contributed by atoms with van der Waals surface area (Å²) in [6.07, 6.45) is 5.29. The molecule has 32 heavy (non-hydrogen) atoms. The Kier molecular flexibility index (Phi) is 6.44. The molecule has 0 saturated carbocycles. The van der Waals surface area contributed by atoms with Gasteiger partial charge in [-0.2, -0.15) is 0 Å². The maximum Gasteiger partial charge on any atom is 0.229 e. The smallest absolute Gasteiger partial charge is 0.229 e. The number of hydrogen-bond acceptors (Lipinski definition) is 4. The second kappa shape index (κ2) is 9.27. The number of pyridine rings is 1. The Balaban J connectivity index is 1.64. The van der Waals surface area contributed by atoms with Gasteiger partial charge in [-0.15, -0.1) is 0 Å². The zero-order valence-corrected chi connectivity index (χ0v) is 18.8. The van der Waals surface area contributed by atoms with E-state index in [0.29, 0.717) is 38.9 Å². The van der Waals surface area contributed by atoms with Crippen LogP contribution < -0.4 is 5.32 Å². The highest BCUT2D eigenvalue weighted by atomic mass is 19.1. The van der Waals surface area contributed by atoms with E-state index in [1.165, 1.54) is 12.1 Å². The number of rotatable bonds is 5. The van der Waals surface area contributed by atoms with E-state index in [1.807, 2.05) is 30.1 Å². The number of nitrogens with one attached hydrogen (secondary N) is 1. The van der Waals surface area contributed by atoms with Gasteiger partial charge in [0.05, 0.1) is 11.5 Å². The molecule has 170 valence electrons. The number of aromatic nitrogens is 1. The summed E-state index contributed by atoms with van der Waals surface area (Å²) < 4.78 is 13.9. The van der Waals surface area contributed by atoms with Crippen molar-refractivity contribution in [3.8, 4) is 0 Å². The normalized spacial score (nSPS) is 20.3. The average Bonchev–Trinajstić information content (AvgIpc) is 3.29. The molecule has 2 aliphatic rings. The van der Waals surface area contributed by atoms with Crippen LogP contribution in [0.4, 0.5) is 10.2 Å². The molecule has 1 atom stereocenters. The van der Waals surface area contributed by atoms with Gasteiger partial charge in [-0.25, -0.2) is 9.37 Å². The molecule has 2 aromatic rings. The Morgan fingerprint density at radius 1 is 1.19 bits per heavy atom.